The van der Waals surface area contributed by atoms with Gasteiger partial charge in [0.25, 0.3) is 5.78 Å². The number of pyridine rings is 1. The maximum absolute atomic E-state index is 12.0. The van der Waals surface area contributed by atoms with Crippen LogP contribution >= 0.6 is 23.2 Å². The molecule has 0 fully saturated rings. The van der Waals surface area contributed by atoms with Crippen molar-refractivity contribution < 1.29 is 9.53 Å². The van der Waals surface area contributed by atoms with E-state index in [1.54, 1.807) is 16.6 Å². The highest BCUT2D eigenvalue weighted by Gasteiger charge is 2.14. The van der Waals surface area contributed by atoms with Gasteiger partial charge in [0.05, 0.1) is 10.7 Å². The summed E-state index contributed by atoms with van der Waals surface area (Å²) in [6, 6.07) is 3.19. The molecule has 3 heterocycles. The van der Waals surface area contributed by atoms with Gasteiger partial charge in [-0.3, -0.25) is 4.79 Å². The predicted octanol–water partition coefficient (Wildman–Crippen LogP) is 3.12. The Hall–Kier alpha value is -2.25. The molecule has 0 N–H and O–H groups in total. The van der Waals surface area contributed by atoms with Crippen molar-refractivity contribution in [3.63, 3.8) is 0 Å². The zero-order valence-electron chi connectivity index (χ0n) is 13.7. The van der Waals surface area contributed by atoms with Crippen molar-refractivity contribution in [2.75, 3.05) is 0 Å². The summed E-state index contributed by atoms with van der Waals surface area (Å²) in [6.07, 6.45) is 2.16. The molecule has 9 heteroatoms. The van der Waals surface area contributed by atoms with Crippen molar-refractivity contribution in [3.05, 3.63) is 51.3 Å². The minimum Gasteiger partial charge on any atom is -0.459 e. The fraction of sp³-hybridized carbons (Fsp3) is 0.312. The quantitative estimate of drug-likeness (QED) is 0.500. The zero-order chi connectivity index (χ0) is 18.0. The SMILES string of the molecule is Cc1nc2ncnn2c(C)c1CCC(=O)OCc1nc(Cl)ccc1Cl. The fourth-order valence-corrected chi connectivity index (χ4v) is 2.85. The molecule has 0 amide bonds. The first-order valence-electron chi connectivity index (χ1n) is 7.58. The van der Waals surface area contributed by atoms with Crippen LogP contribution < -0.4 is 0 Å². The Balaban J connectivity index is 1.64. The summed E-state index contributed by atoms with van der Waals surface area (Å²) in [5.41, 5.74) is 3.12. The van der Waals surface area contributed by atoms with Gasteiger partial charge in [-0.1, -0.05) is 23.2 Å². The largest absolute Gasteiger partial charge is 0.459 e. The van der Waals surface area contributed by atoms with Gasteiger partial charge in [0.2, 0.25) is 0 Å². The third-order valence-electron chi connectivity index (χ3n) is 3.82. The van der Waals surface area contributed by atoms with Crippen LogP contribution in [0.4, 0.5) is 0 Å². The fourth-order valence-electron chi connectivity index (χ4n) is 2.52. The van der Waals surface area contributed by atoms with Gasteiger partial charge in [0, 0.05) is 17.8 Å². The Labute approximate surface area is 154 Å². The van der Waals surface area contributed by atoms with Gasteiger partial charge >= 0.3 is 5.97 Å². The van der Waals surface area contributed by atoms with Crippen molar-refractivity contribution in [2.45, 2.75) is 33.3 Å². The van der Waals surface area contributed by atoms with Crippen molar-refractivity contribution in [2.24, 2.45) is 0 Å². The lowest BCUT2D eigenvalue weighted by Crippen LogP contribution is -2.11. The van der Waals surface area contributed by atoms with Crippen molar-refractivity contribution in [1.82, 2.24) is 24.6 Å². The van der Waals surface area contributed by atoms with Gasteiger partial charge in [-0.2, -0.15) is 10.1 Å². The van der Waals surface area contributed by atoms with E-state index in [2.05, 4.69) is 20.1 Å². The summed E-state index contributed by atoms with van der Waals surface area (Å²) in [6.45, 7) is 3.79. The Morgan fingerprint density at radius 3 is 2.84 bits per heavy atom. The average molecular weight is 380 g/mol. The van der Waals surface area contributed by atoms with Gasteiger partial charge in [0.15, 0.2) is 0 Å². The monoisotopic (exact) mass is 379 g/mol. The summed E-state index contributed by atoms with van der Waals surface area (Å²) in [7, 11) is 0. The lowest BCUT2D eigenvalue weighted by atomic mass is 10.1. The Morgan fingerprint density at radius 1 is 1.24 bits per heavy atom. The second kappa shape index (κ2) is 7.33. The molecule has 0 aliphatic carbocycles. The lowest BCUT2D eigenvalue weighted by Gasteiger charge is -2.10. The summed E-state index contributed by atoms with van der Waals surface area (Å²) in [4.78, 5) is 24.5. The Kier molecular flexibility index (Phi) is 5.15. The van der Waals surface area contributed by atoms with Crippen LogP contribution in [-0.2, 0) is 22.6 Å². The third-order valence-corrected chi connectivity index (χ3v) is 4.38. The number of aromatic nitrogens is 5. The van der Waals surface area contributed by atoms with Crippen molar-refractivity contribution in [1.29, 1.82) is 0 Å². The minimum atomic E-state index is -0.352. The number of carbonyl (C=O) groups is 1. The molecule has 0 bridgehead atoms. The first kappa shape index (κ1) is 17.6. The molecule has 3 aromatic heterocycles. The molecule has 0 saturated carbocycles. The lowest BCUT2D eigenvalue weighted by molar-refractivity contribution is -0.145. The number of fused-ring (bicyclic) bond motifs is 1. The van der Waals surface area contributed by atoms with E-state index in [0.29, 0.717) is 28.1 Å². The smallest absolute Gasteiger partial charge is 0.306 e. The second-order valence-electron chi connectivity index (χ2n) is 5.46. The number of halogens is 2. The van der Waals surface area contributed by atoms with E-state index in [0.717, 1.165) is 17.0 Å². The first-order valence-corrected chi connectivity index (χ1v) is 8.33. The number of rotatable bonds is 5. The molecular formula is C16H15Cl2N5O2. The number of nitrogens with zero attached hydrogens (tertiary/aromatic N) is 5. The molecular weight excluding hydrogens is 365 g/mol. The topological polar surface area (TPSA) is 82.3 Å². The highest BCUT2D eigenvalue weighted by molar-refractivity contribution is 6.32. The van der Waals surface area contributed by atoms with E-state index < -0.39 is 0 Å². The van der Waals surface area contributed by atoms with Crippen LogP contribution in [0.1, 0.15) is 29.1 Å². The summed E-state index contributed by atoms with van der Waals surface area (Å²) in [5, 5.41) is 4.84. The van der Waals surface area contributed by atoms with Gasteiger partial charge in [-0.25, -0.2) is 14.5 Å². The first-order chi connectivity index (χ1) is 12.0. The molecule has 0 saturated heterocycles. The van der Waals surface area contributed by atoms with Crippen LogP contribution in [0.25, 0.3) is 5.78 Å². The van der Waals surface area contributed by atoms with Gasteiger partial charge in [0.1, 0.15) is 18.1 Å². The van der Waals surface area contributed by atoms with E-state index in [1.807, 2.05) is 13.8 Å². The van der Waals surface area contributed by atoms with E-state index in [9.17, 15) is 4.79 Å². The molecule has 3 rings (SSSR count). The minimum absolute atomic E-state index is 0.0173. The second-order valence-corrected chi connectivity index (χ2v) is 6.25. The van der Waals surface area contributed by atoms with Crippen LogP contribution in [0.5, 0.6) is 0 Å². The zero-order valence-corrected chi connectivity index (χ0v) is 15.2. The molecule has 0 radical (unpaired) electrons. The van der Waals surface area contributed by atoms with E-state index in [1.165, 1.54) is 6.33 Å². The number of esters is 1. The van der Waals surface area contributed by atoms with Crippen LogP contribution in [-0.4, -0.2) is 30.5 Å². The molecule has 0 aliphatic rings. The normalized spacial score (nSPS) is 11.0. The molecule has 7 nitrogen and oxygen atoms in total. The number of hydrogen-bond acceptors (Lipinski definition) is 6. The molecule has 25 heavy (non-hydrogen) atoms. The number of hydrogen-bond donors (Lipinski definition) is 0. The van der Waals surface area contributed by atoms with Crippen molar-refractivity contribution >= 4 is 34.9 Å². The molecule has 0 aliphatic heterocycles. The summed E-state index contributed by atoms with van der Waals surface area (Å²) >= 11 is 11.8. The number of carbonyl (C=O) groups excluding carboxylic acids is 1. The molecule has 0 unspecified atom stereocenters. The number of aryl methyl sites for hydroxylation is 2. The predicted molar refractivity (Wildman–Crippen MR) is 92.6 cm³/mol. The molecule has 0 atom stereocenters. The summed E-state index contributed by atoms with van der Waals surface area (Å²) < 4.78 is 6.89. The number of ether oxygens (including phenoxy) is 1. The molecule has 3 aromatic rings. The third kappa shape index (κ3) is 3.88. The van der Waals surface area contributed by atoms with Gasteiger partial charge < -0.3 is 4.74 Å². The molecule has 130 valence electrons. The van der Waals surface area contributed by atoms with E-state index in [-0.39, 0.29) is 19.0 Å². The van der Waals surface area contributed by atoms with Crippen LogP contribution in [0, 0.1) is 13.8 Å². The highest BCUT2D eigenvalue weighted by Crippen LogP contribution is 2.18. The highest BCUT2D eigenvalue weighted by atomic mass is 35.5. The molecule has 0 aromatic carbocycles. The van der Waals surface area contributed by atoms with E-state index in [4.69, 9.17) is 27.9 Å². The van der Waals surface area contributed by atoms with Crippen molar-refractivity contribution in [3.8, 4) is 0 Å². The standard InChI is InChI=1S/C16H15Cl2N5O2/c1-9-11(10(2)23-16(21-9)19-8-20-23)3-6-15(24)25-7-13-12(17)4-5-14(18)22-13/h4-5,8H,3,6-7H2,1-2H3. The Bertz CT molecular complexity index is 942. The maximum Gasteiger partial charge on any atom is 0.306 e. The van der Waals surface area contributed by atoms with Gasteiger partial charge in [-0.15, -0.1) is 0 Å². The maximum atomic E-state index is 12.0. The van der Waals surface area contributed by atoms with E-state index >= 15 is 0 Å². The Morgan fingerprint density at radius 2 is 2.04 bits per heavy atom. The van der Waals surface area contributed by atoms with Crippen LogP contribution in [0.3, 0.4) is 0 Å². The summed E-state index contributed by atoms with van der Waals surface area (Å²) in [5.74, 6) is 0.193. The van der Waals surface area contributed by atoms with Crippen LogP contribution in [0.15, 0.2) is 18.5 Å². The molecule has 0 spiro atoms. The average Bonchev–Trinajstić information content (AvgIpc) is 3.04. The van der Waals surface area contributed by atoms with Crippen LogP contribution in [0.2, 0.25) is 10.2 Å². The van der Waals surface area contributed by atoms with Gasteiger partial charge in [-0.05, 0) is 38.0 Å².